The highest BCUT2D eigenvalue weighted by Crippen LogP contribution is 2.18. The number of phenolic OH excluding ortho intramolecular Hbond substituents is 1. The number of halogens is 1. The zero-order valence-corrected chi connectivity index (χ0v) is 7.59. The number of hydrogen-bond acceptors (Lipinski definition) is 2. The SMILES string of the molecule is C=O.CCCc1ccc(F)cc1O. The van der Waals surface area contributed by atoms with Crippen LogP contribution in [0.15, 0.2) is 18.2 Å². The molecule has 1 aromatic carbocycles. The minimum Gasteiger partial charge on any atom is -0.508 e. The second-order valence-corrected chi connectivity index (χ2v) is 2.52. The monoisotopic (exact) mass is 184 g/mol. The fourth-order valence-electron chi connectivity index (χ4n) is 1.02. The van der Waals surface area contributed by atoms with Crippen molar-refractivity contribution in [3.63, 3.8) is 0 Å². The van der Waals surface area contributed by atoms with Crippen LogP contribution >= 0.6 is 0 Å². The van der Waals surface area contributed by atoms with Crippen molar-refractivity contribution < 1.29 is 14.3 Å². The molecular weight excluding hydrogens is 171 g/mol. The lowest BCUT2D eigenvalue weighted by Gasteiger charge is -2.01. The molecule has 0 radical (unpaired) electrons. The van der Waals surface area contributed by atoms with Gasteiger partial charge in [0.1, 0.15) is 18.4 Å². The smallest absolute Gasteiger partial charge is 0.126 e. The highest BCUT2D eigenvalue weighted by molar-refractivity contribution is 5.32. The minimum absolute atomic E-state index is 0.0619. The predicted molar refractivity (Wildman–Crippen MR) is 49.2 cm³/mol. The van der Waals surface area contributed by atoms with Gasteiger partial charge in [-0.15, -0.1) is 0 Å². The molecule has 0 aliphatic carbocycles. The summed E-state index contributed by atoms with van der Waals surface area (Å²) < 4.78 is 12.4. The zero-order chi connectivity index (χ0) is 10.3. The van der Waals surface area contributed by atoms with Crippen molar-refractivity contribution in [1.29, 1.82) is 0 Å². The molecule has 72 valence electrons. The van der Waals surface area contributed by atoms with Crippen LogP contribution in [-0.4, -0.2) is 11.9 Å². The van der Waals surface area contributed by atoms with Crippen LogP contribution in [0, 0.1) is 5.82 Å². The number of aryl methyl sites for hydroxylation is 1. The Kier molecular flexibility index (Phi) is 5.52. The van der Waals surface area contributed by atoms with Crippen LogP contribution < -0.4 is 0 Å². The Bertz CT molecular complexity index is 261. The number of aromatic hydroxyl groups is 1. The third-order valence-corrected chi connectivity index (χ3v) is 1.57. The molecule has 0 fully saturated rings. The van der Waals surface area contributed by atoms with Gasteiger partial charge in [-0.25, -0.2) is 4.39 Å². The van der Waals surface area contributed by atoms with Crippen molar-refractivity contribution >= 4 is 6.79 Å². The van der Waals surface area contributed by atoms with Gasteiger partial charge in [0.2, 0.25) is 0 Å². The molecule has 1 aromatic rings. The van der Waals surface area contributed by atoms with Crippen molar-refractivity contribution in [2.24, 2.45) is 0 Å². The first-order chi connectivity index (χ1) is 6.24. The van der Waals surface area contributed by atoms with Crippen molar-refractivity contribution in [1.82, 2.24) is 0 Å². The summed E-state index contributed by atoms with van der Waals surface area (Å²) in [4.78, 5) is 8.00. The average molecular weight is 184 g/mol. The molecule has 0 aliphatic rings. The second kappa shape index (κ2) is 6.17. The van der Waals surface area contributed by atoms with Gasteiger partial charge in [-0.1, -0.05) is 19.4 Å². The van der Waals surface area contributed by atoms with Crippen LogP contribution in [0.5, 0.6) is 5.75 Å². The van der Waals surface area contributed by atoms with Gasteiger partial charge < -0.3 is 9.90 Å². The van der Waals surface area contributed by atoms with Gasteiger partial charge in [0.25, 0.3) is 0 Å². The van der Waals surface area contributed by atoms with Crippen molar-refractivity contribution in [2.75, 3.05) is 0 Å². The summed E-state index contributed by atoms with van der Waals surface area (Å²) in [7, 11) is 0. The van der Waals surface area contributed by atoms with Gasteiger partial charge in [0.05, 0.1) is 0 Å². The molecular formula is C10H13FO2. The molecule has 2 nitrogen and oxygen atoms in total. The maximum absolute atomic E-state index is 12.4. The van der Waals surface area contributed by atoms with Gasteiger partial charge in [0, 0.05) is 6.07 Å². The maximum atomic E-state index is 12.4. The van der Waals surface area contributed by atoms with E-state index in [9.17, 15) is 9.50 Å². The highest BCUT2D eigenvalue weighted by Gasteiger charge is 1.99. The van der Waals surface area contributed by atoms with Crippen LogP contribution in [0.2, 0.25) is 0 Å². The summed E-state index contributed by atoms with van der Waals surface area (Å²) >= 11 is 0. The summed E-state index contributed by atoms with van der Waals surface area (Å²) in [5.41, 5.74) is 0.814. The van der Waals surface area contributed by atoms with E-state index in [4.69, 9.17) is 4.79 Å². The van der Waals surface area contributed by atoms with E-state index in [-0.39, 0.29) is 11.6 Å². The molecule has 3 heteroatoms. The van der Waals surface area contributed by atoms with E-state index in [0.29, 0.717) is 0 Å². The molecule has 0 aliphatic heterocycles. The van der Waals surface area contributed by atoms with Crippen molar-refractivity contribution in [2.45, 2.75) is 19.8 Å². The topological polar surface area (TPSA) is 37.3 Å². The summed E-state index contributed by atoms with van der Waals surface area (Å²) in [6, 6.07) is 4.13. The largest absolute Gasteiger partial charge is 0.508 e. The van der Waals surface area contributed by atoms with Gasteiger partial charge in [-0.2, -0.15) is 0 Å². The first-order valence-corrected chi connectivity index (χ1v) is 4.00. The molecule has 1 N–H and O–H groups in total. The number of benzene rings is 1. The maximum Gasteiger partial charge on any atom is 0.126 e. The van der Waals surface area contributed by atoms with Crippen LogP contribution in [0.3, 0.4) is 0 Å². The zero-order valence-electron chi connectivity index (χ0n) is 7.59. The minimum atomic E-state index is -0.387. The summed E-state index contributed by atoms with van der Waals surface area (Å²) in [5.74, 6) is -0.325. The van der Waals surface area contributed by atoms with Crippen LogP contribution in [-0.2, 0) is 11.2 Å². The van der Waals surface area contributed by atoms with E-state index in [2.05, 4.69) is 0 Å². The molecule has 0 amide bonds. The Hall–Kier alpha value is -1.38. The highest BCUT2D eigenvalue weighted by atomic mass is 19.1. The van der Waals surface area contributed by atoms with E-state index in [1.165, 1.54) is 6.07 Å². The Morgan fingerprint density at radius 2 is 2.08 bits per heavy atom. The molecule has 0 atom stereocenters. The second-order valence-electron chi connectivity index (χ2n) is 2.52. The van der Waals surface area contributed by atoms with Crippen LogP contribution in [0.4, 0.5) is 4.39 Å². The normalized spacial score (nSPS) is 8.77. The van der Waals surface area contributed by atoms with Gasteiger partial charge in [-0.3, -0.25) is 0 Å². The van der Waals surface area contributed by atoms with Crippen molar-refractivity contribution in [3.05, 3.63) is 29.6 Å². The Morgan fingerprint density at radius 1 is 1.46 bits per heavy atom. The van der Waals surface area contributed by atoms with Gasteiger partial charge >= 0.3 is 0 Å². The van der Waals surface area contributed by atoms with E-state index in [1.54, 1.807) is 6.07 Å². The lowest BCUT2D eigenvalue weighted by molar-refractivity contribution is -0.0979. The standard InChI is InChI=1S/C9H11FO.CH2O/c1-2-3-7-4-5-8(10)6-9(7)11;1-2/h4-6,11H,2-3H2,1H3;1H2. The summed E-state index contributed by atoms with van der Waals surface area (Å²) in [6.45, 7) is 4.02. The van der Waals surface area contributed by atoms with E-state index in [1.807, 2.05) is 13.7 Å². The van der Waals surface area contributed by atoms with E-state index >= 15 is 0 Å². The molecule has 0 saturated carbocycles. The lowest BCUT2D eigenvalue weighted by Crippen LogP contribution is -1.84. The molecule has 0 unspecified atom stereocenters. The Labute approximate surface area is 77.0 Å². The first kappa shape index (κ1) is 11.6. The molecule has 1 rings (SSSR count). The lowest BCUT2D eigenvalue weighted by atomic mass is 10.1. The molecule has 0 bridgehead atoms. The third-order valence-electron chi connectivity index (χ3n) is 1.57. The fraction of sp³-hybridized carbons (Fsp3) is 0.300. The van der Waals surface area contributed by atoms with Gasteiger partial charge in [-0.05, 0) is 18.1 Å². The molecule has 13 heavy (non-hydrogen) atoms. The molecule has 0 spiro atoms. The van der Waals surface area contributed by atoms with E-state index in [0.717, 1.165) is 24.5 Å². The van der Waals surface area contributed by atoms with Crippen LogP contribution in [0.1, 0.15) is 18.9 Å². The average Bonchev–Trinajstić information content (AvgIpc) is 2.14. The first-order valence-electron chi connectivity index (χ1n) is 4.00. The Morgan fingerprint density at radius 3 is 2.54 bits per heavy atom. The van der Waals surface area contributed by atoms with E-state index < -0.39 is 0 Å². The summed E-state index contributed by atoms with van der Waals surface area (Å²) in [6.07, 6.45) is 1.76. The van der Waals surface area contributed by atoms with Crippen LogP contribution in [0.25, 0.3) is 0 Å². The molecule has 0 aromatic heterocycles. The Balaban J connectivity index is 0.000000671. The number of phenols is 1. The number of carbonyl (C=O) groups excluding carboxylic acids is 1. The summed E-state index contributed by atoms with van der Waals surface area (Å²) in [5, 5.41) is 9.18. The molecule has 0 heterocycles. The number of rotatable bonds is 2. The number of hydrogen-bond donors (Lipinski definition) is 1. The van der Waals surface area contributed by atoms with Gasteiger partial charge in [0.15, 0.2) is 0 Å². The third kappa shape index (κ3) is 3.69. The predicted octanol–water partition coefficient (Wildman–Crippen LogP) is 2.30. The fourth-order valence-corrected chi connectivity index (χ4v) is 1.02. The quantitative estimate of drug-likeness (QED) is 0.765. The molecule has 0 saturated heterocycles. The number of carbonyl (C=O) groups is 1. The van der Waals surface area contributed by atoms with Crippen molar-refractivity contribution in [3.8, 4) is 5.75 Å².